The van der Waals surface area contributed by atoms with Gasteiger partial charge in [-0.2, -0.15) is 0 Å². The Labute approximate surface area is 90.6 Å². The lowest BCUT2D eigenvalue weighted by Gasteiger charge is -2.11. The van der Waals surface area contributed by atoms with Gasteiger partial charge in [-0.15, -0.1) is 0 Å². The van der Waals surface area contributed by atoms with Gasteiger partial charge in [-0.25, -0.2) is 0 Å². The molecule has 0 radical (unpaired) electrons. The smallest absolute Gasteiger partial charge is 0.191 e. The van der Waals surface area contributed by atoms with Gasteiger partial charge in [0.25, 0.3) is 0 Å². The number of aryl methyl sites for hydroxylation is 2. The molecule has 1 aromatic carbocycles. The van der Waals surface area contributed by atoms with Crippen LogP contribution in [0.5, 0.6) is 5.75 Å². The molecule has 0 spiro atoms. The van der Waals surface area contributed by atoms with Crippen LogP contribution in [0.1, 0.15) is 28.4 Å². The molecule has 0 amide bonds. The van der Waals surface area contributed by atoms with Gasteiger partial charge in [0.15, 0.2) is 5.78 Å². The fraction of sp³-hybridized carbons (Fsp3) is 0.308. The second-order valence-electron chi connectivity index (χ2n) is 3.77. The third-order valence-corrected chi connectivity index (χ3v) is 2.26. The van der Waals surface area contributed by atoms with E-state index in [1.807, 2.05) is 26.0 Å². The number of Topliss-reactive ketones (excluding diaryl/α,β-unsaturated/α-hetero) is 1. The predicted octanol–water partition coefficient (Wildman–Crippen LogP) is 3.07. The number of hydrogen-bond donors (Lipinski definition) is 0. The first kappa shape index (κ1) is 11.5. The van der Waals surface area contributed by atoms with Crippen molar-refractivity contribution < 1.29 is 9.53 Å². The Hall–Kier alpha value is -1.57. The van der Waals surface area contributed by atoms with E-state index in [0.29, 0.717) is 16.9 Å². The van der Waals surface area contributed by atoms with Crippen LogP contribution < -0.4 is 4.74 Å². The zero-order valence-electron chi connectivity index (χ0n) is 9.68. The van der Waals surface area contributed by atoms with Gasteiger partial charge in [-0.05, 0) is 43.5 Å². The Kier molecular flexibility index (Phi) is 3.30. The van der Waals surface area contributed by atoms with Crippen molar-refractivity contribution in [2.75, 3.05) is 7.11 Å². The Morgan fingerprint density at radius 1 is 1.33 bits per heavy atom. The standard InChI is InChI=1S/C13H16O2/c1-8(2)12(14)11-7-9(3)6-10(4)13(11)15-5/h6-7H,1H2,2-5H3. The van der Waals surface area contributed by atoms with E-state index in [1.54, 1.807) is 14.0 Å². The molecule has 80 valence electrons. The minimum atomic E-state index is -0.0568. The van der Waals surface area contributed by atoms with Crippen LogP contribution in [0.3, 0.4) is 0 Å². The van der Waals surface area contributed by atoms with Gasteiger partial charge in [0.1, 0.15) is 5.75 Å². The molecule has 2 heteroatoms. The first-order chi connectivity index (χ1) is 6.97. The molecule has 1 rings (SSSR count). The molecule has 0 saturated heterocycles. The molecule has 0 aliphatic carbocycles. The minimum Gasteiger partial charge on any atom is -0.496 e. The van der Waals surface area contributed by atoms with Gasteiger partial charge < -0.3 is 4.74 Å². The van der Waals surface area contributed by atoms with Crippen LogP contribution >= 0.6 is 0 Å². The maximum absolute atomic E-state index is 11.8. The van der Waals surface area contributed by atoms with Crippen molar-refractivity contribution in [2.24, 2.45) is 0 Å². The van der Waals surface area contributed by atoms with Crippen molar-refractivity contribution in [3.63, 3.8) is 0 Å². The second-order valence-corrected chi connectivity index (χ2v) is 3.77. The molecule has 0 saturated carbocycles. The van der Waals surface area contributed by atoms with E-state index < -0.39 is 0 Å². The molecule has 2 nitrogen and oxygen atoms in total. The third kappa shape index (κ3) is 2.27. The van der Waals surface area contributed by atoms with Gasteiger partial charge in [0, 0.05) is 0 Å². The summed E-state index contributed by atoms with van der Waals surface area (Å²) in [7, 11) is 1.58. The van der Waals surface area contributed by atoms with E-state index in [4.69, 9.17) is 4.74 Å². The lowest BCUT2D eigenvalue weighted by molar-refractivity contribution is 0.103. The van der Waals surface area contributed by atoms with E-state index in [1.165, 1.54) is 0 Å². The van der Waals surface area contributed by atoms with E-state index in [0.717, 1.165) is 11.1 Å². The van der Waals surface area contributed by atoms with Gasteiger partial charge in [-0.3, -0.25) is 4.79 Å². The van der Waals surface area contributed by atoms with E-state index in [-0.39, 0.29) is 5.78 Å². The van der Waals surface area contributed by atoms with Crippen molar-refractivity contribution in [3.8, 4) is 5.75 Å². The quantitative estimate of drug-likeness (QED) is 0.558. The highest BCUT2D eigenvalue weighted by molar-refractivity contribution is 6.10. The summed E-state index contributed by atoms with van der Waals surface area (Å²) in [4.78, 5) is 11.8. The van der Waals surface area contributed by atoms with Crippen molar-refractivity contribution in [3.05, 3.63) is 41.0 Å². The van der Waals surface area contributed by atoms with E-state index >= 15 is 0 Å². The first-order valence-electron chi connectivity index (χ1n) is 4.82. The maximum atomic E-state index is 11.8. The molecule has 0 atom stereocenters. The van der Waals surface area contributed by atoms with Crippen LogP contribution in [0.15, 0.2) is 24.3 Å². The van der Waals surface area contributed by atoms with Crippen molar-refractivity contribution in [1.82, 2.24) is 0 Å². The summed E-state index contributed by atoms with van der Waals surface area (Å²) >= 11 is 0. The Bertz CT molecular complexity index is 417. The molecule has 15 heavy (non-hydrogen) atoms. The largest absolute Gasteiger partial charge is 0.496 e. The number of methoxy groups -OCH3 is 1. The number of ketones is 1. The molecule has 0 unspecified atom stereocenters. The van der Waals surface area contributed by atoms with E-state index in [9.17, 15) is 4.79 Å². The number of allylic oxidation sites excluding steroid dienone is 1. The SMILES string of the molecule is C=C(C)C(=O)c1cc(C)cc(C)c1OC. The highest BCUT2D eigenvalue weighted by atomic mass is 16.5. The van der Waals surface area contributed by atoms with Crippen LogP contribution in [0.4, 0.5) is 0 Å². The monoisotopic (exact) mass is 204 g/mol. The first-order valence-corrected chi connectivity index (χ1v) is 4.82. The Balaban J connectivity index is 3.38. The number of carbonyl (C=O) groups is 1. The Morgan fingerprint density at radius 3 is 2.40 bits per heavy atom. The number of rotatable bonds is 3. The summed E-state index contributed by atoms with van der Waals surface area (Å²) in [5.41, 5.74) is 3.15. The summed E-state index contributed by atoms with van der Waals surface area (Å²) in [6.07, 6.45) is 0. The van der Waals surface area contributed by atoms with Crippen molar-refractivity contribution in [2.45, 2.75) is 20.8 Å². The second kappa shape index (κ2) is 4.30. The predicted molar refractivity (Wildman–Crippen MR) is 61.6 cm³/mol. The number of hydrogen-bond acceptors (Lipinski definition) is 2. The van der Waals surface area contributed by atoms with Crippen LogP contribution in [0.25, 0.3) is 0 Å². The summed E-state index contributed by atoms with van der Waals surface area (Å²) in [5, 5.41) is 0. The van der Waals surface area contributed by atoms with Crippen LogP contribution in [0.2, 0.25) is 0 Å². The van der Waals surface area contributed by atoms with Crippen molar-refractivity contribution >= 4 is 5.78 Å². The fourth-order valence-corrected chi connectivity index (χ4v) is 1.62. The van der Waals surface area contributed by atoms with Gasteiger partial charge in [0.2, 0.25) is 0 Å². The van der Waals surface area contributed by atoms with Gasteiger partial charge >= 0.3 is 0 Å². The van der Waals surface area contributed by atoms with Crippen LogP contribution in [0, 0.1) is 13.8 Å². The van der Waals surface area contributed by atoms with Crippen LogP contribution in [-0.2, 0) is 0 Å². The zero-order valence-corrected chi connectivity index (χ0v) is 9.68. The molecule has 0 aromatic heterocycles. The number of benzene rings is 1. The number of ether oxygens (including phenoxy) is 1. The highest BCUT2D eigenvalue weighted by Gasteiger charge is 2.15. The van der Waals surface area contributed by atoms with Crippen molar-refractivity contribution in [1.29, 1.82) is 0 Å². The zero-order chi connectivity index (χ0) is 11.6. The normalized spacial score (nSPS) is 9.87. The average molecular weight is 204 g/mol. The Morgan fingerprint density at radius 2 is 1.93 bits per heavy atom. The molecule has 0 aliphatic rings. The molecule has 0 bridgehead atoms. The molecule has 0 heterocycles. The summed E-state index contributed by atoms with van der Waals surface area (Å²) in [6.45, 7) is 9.26. The topological polar surface area (TPSA) is 26.3 Å². The maximum Gasteiger partial charge on any atom is 0.191 e. The molecular formula is C13H16O2. The fourth-order valence-electron chi connectivity index (χ4n) is 1.62. The van der Waals surface area contributed by atoms with Crippen LogP contribution in [-0.4, -0.2) is 12.9 Å². The summed E-state index contributed by atoms with van der Waals surface area (Å²) in [6, 6.07) is 3.83. The lowest BCUT2D eigenvalue weighted by atomic mass is 9.99. The average Bonchev–Trinajstić information content (AvgIpc) is 2.15. The number of carbonyl (C=O) groups excluding carboxylic acids is 1. The molecule has 1 aromatic rings. The third-order valence-electron chi connectivity index (χ3n) is 2.26. The minimum absolute atomic E-state index is 0.0568. The highest BCUT2D eigenvalue weighted by Crippen LogP contribution is 2.26. The summed E-state index contributed by atoms with van der Waals surface area (Å²) < 4.78 is 5.24. The molecule has 0 fully saturated rings. The van der Waals surface area contributed by atoms with Gasteiger partial charge in [0.05, 0.1) is 12.7 Å². The summed E-state index contributed by atoms with van der Waals surface area (Å²) in [5.74, 6) is 0.590. The molecular weight excluding hydrogens is 188 g/mol. The van der Waals surface area contributed by atoms with E-state index in [2.05, 4.69) is 6.58 Å². The molecule has 0 N–H and O–H groups in total. The van der Waals surface area contributed by atoms with Gasteiger partial charge in [-0.1, -0.05) is 12.6 Å². The molecule has 0 aliphatic heterocycles. The lowest BCUT2D eigenvalue weighted by Crippen LogP contribution is -2.04.